The molecule has 6 aromatic carbocycles. The van der Waals surface area contributed by atoms with Gasteiger partial charge in [0.15, 0.2) is 11.4 Å². The molecule has 0 saturated carbocycles. The van der Waals surface area contributed by atoms with Crippen molar-refractivity contribution in [3.8, 4) is 33.8 Å². The van der Waals surface area contributed by atoms with Gasteiger partial charge in [0, 0.05) is 40.5 Å². The minimum Gasteiger partial charge on any atom is -0.434 e. The first-order valence-electron chi connectivity index (χ1n) is 16.9. The molecule has 236 valence electrons. The molecule has 0 aliphatic heterocycles. The first kappa shape index (κ1) is 27.9. The summed E-state index contributed by atoms with van der Waals surface area (Å²) >= 11 is 0. The molecule has 5 heterocycles. The van der Waals surface area contributed by atoms with Gasteiger partial charge in [0.25, 0.3) is 0 Å². The van der Waals surface area contributed by atoms with Gasteiger partial charge in [-0.1, -0.05) is 91.0 Å². The number of benzene rings is 6. The second-order valence-corrected chi connectivity index (χ2v) is 12.9. The summed E-state index contributed by atoms with van der Waals surface area (Å²) < 4.78 is 6.30. The molecule has 0 saturated heterocycles. The van der Waals surface area contributed by atoms with Crippen molar-refractivity contribution >= 4 is 76.3 Å². The lowest BCUT2D eigenvalue weighted by Crippen LogP contribution is -1.94. The minimum absolute atomic E-state index is 0.551. The molecule has 0 bridgehead atoms. The van der Waals surface area contributed by atoms with E-state index in [9.17, 15) is 0 Å². The fourth-order valence-electron chi connectivity index (χ4n) is 7.52. The number of hydrogen-bond acceptors (Lipinski definition) is 6. The van der Waals surface area contributed by atoms with Gasteiger partial charge in [-0.3, -0.25) is 9.97 Å². The molecule has 0 unspecified atom stereocenters. The summed E-state index contributed by atoms with van der Waals surface area (Å²) in [4.78, 5) is 24.1. The van der Waals surface area contributed by atoms with E-state index in [-0.39, 0.29) is 0 Å². The molecule has 6 nitrogen and oxygen atoms in total. The normalized spacial score (nSPS) is 11.9. The molecule has 0 amide bonds. The Kier molecular flexibility index (Phi) is 5.86. The molecule has 11 rings (SSSR count). The zero-order valence-electron chi connectivity index (χ0n) is 27.1. The van der Waals surface area contributed by atoms with Gasteiger partial charge in [0.05, 0.1) is 16.4 Å². The number of hydrogen-bond donors (Lipinski definition) is 0. The average Bonchev–Trinajstić information content (AvgIpc) is 3.58. The average molecular weight is 652 g/mol. The molecule has 5 aromatic heterocycles. The van der Waals surface area contributed by atoms with E-state index in [0.29, 0.717) is 17.1 Å². The molecule has 0 atom stereocenters. The molecular formula is C45H25N5O. The van der Waals surface area contributed by atoms with Crippen LogP contribution < -0.4 is 0 Å². The molecule has 0 N–H and O–H groups in total. The Hall–Kier alpha value is -7.05. The van der Waals surface area contributed by atoms with Crippen molar-refractivity contribution in [1.29, 1.82) is 0 Å². The molecule has 0 fully saturated rings. The Morgan fingerprint density at radius 1 is 0.392 bits per heavy atom. The van der Waals surface area contributed by atoms with Gasteiger partial charge >= 0.3 is 0 Å². The number of nitrogens with zero attached hydrogens (tertiary/aromatic N) is 5. The Labute approximate surface area is 290 Å². The second kappa shape index (κ2) is 10.7. The van der Waals surface area contributed by atoms with Gasteiger partial charge in [-0.25, -0.2) is 15.0 Å². The second-order valence-electron chi connectivity index (χ2n) is 12.9. The molecule has 0 radical (unpaired) electrons. The van der Waals surface area contributed by atoms with Crippen LogP contribution in [0.4, 0.5) is 0 Å². The molecular weight excluding hydrogens is 627 g/mol. The van der Waals surface area contributed by atoms with Crippen LogP contribution in [0.15, 0.2) is 156 Å². The maximum absolute atomic E-state index is 6.30. The summed E-state index contributed by atoms with van der Waals surface area (Å²) in [6.07, 6.45) is 5.45. The van der Waals surface area contributed by atoms with Crippen molar-refractivity contribution in [2.24, 2.45) is 0 Å². The van der Waals surface area contributed by atoms with Crippen LogP contribution in [-0.2, 0) is 0 Å². The topological polar surface area (TPSA) is 77.6 Å². The Bertz CT molecular complexity index is 3220. The van der Waals surface area contributed by atoms with E-state index in [4.69, 9.17) is 19.4 Å². The highest BCUT2D eigenvalue weighted by molar-refractivity contribution is 6.12. The number of furan rings is 1. The summed E-state index contributed by atoms with van der Waals surface area (Å²) in [5.74, 6) is 0.640. The lowest BCUT2D eigenvalue weighted by atomic mass is 9.95. The maximum Gasteiger partial charge on any atom is 0.229 e. The van der Waals surface area contributed by atoms with Crippen LogP contribution >= 0.6 is 0 Å². The van der Waals surface area contributed by atoms with Gasteiger partial charge < -0.3 is 4.42 Å². The van der Waals surface area contributed by atoms with Crippen LogP contribution in [0.5, 0.6) is 0 Å². The van der Waals surface area contributed by atoms with Crippen molar-refractivity contribution in [1.82, 2.24) is 24.9 Å². The zero-order chi connectivity index (χ0) is 33.5. The summed E-state index contributed by atoms with van der Waals surface area (Å²) in [6, 6.07) is 46.6. The SMILES string of the molecule is c1ccc2cc(-c3nc(-c4ccc5c(ccc6cc(-c7ccnc8c7ccc7cccnc78)ccc65)c4)nc4c3oc3ncccc34)ccc2c1. The van der Waals surface area contributed by atoms with Crippen LogP contribution in [0.25, 0.3) is 110 Å². The molecule has 0 aliphatic rings. The van der Waals surface area contributed by atoms with E-state index in [1.54, 1.807) is 6.20 Å². The van der Waals surface area contributed by atoms with Gasteiger partial charge in [-0.2, -0.15) is 0 Å². The predicted molar refractivity (Wildman–Crippen MR) is 207 cm³/mol. The van der Waals surface area contributed by atoms with E-state index in [0.717, 1.165) is 71.4 Å². The highest BCUT2D eigenvalue weighted by Crippen LogP contribution is 2.38. The Morgan fingerprint density at radius 3 is 1.96 bits per heavy atom. The molecule has 11 aromatic rings. The highest BCUT2D eigenvalue weighted by Gasteiger charge is 2.19. The molecule has 6 heteroatoms. The molecule has 51 heavy (non-hydrogen) atoms. The lowest BCUT2D eigenvalue weighted by Gasteiger charge is -2.11. The molecule has 0 aliphatic carbocycles. The predicted octanol–water partition coefficient (Wildman–Crippen LogP) is 11.3. The van der Waals surface area contributed by atoms with E-state index in [1.807, 2.05) is 30.6 Å². The van der Waals surface area contributed by atoms with Gasteiger partial charge in [0.1, 0.15) is 11.2 Å². The van der Waals surface area contributed by atoms with Crippen LogP contribution in [0, 0.1) is 0 Å². The van der Waals surface area contributed by atoms with Crippen molar-refractivity contribution < 1.29 is 4.42 Å². The number of aromatic nitrogens is 5. The van der Waals surface area contributed by atoms with Crippen molar-refractivity contribution in [2.75, 3.05) is 0 Å². The standard InChI is InChI=1S/C45H25N5O/c1-2-6-28-23-32(12-9-26(28)5-1)40-43-42(38-8-4-21-48-45(38)51-43)50-44(49-40)33-15-17-35-30(25-33)11-10-29-24-31(14-16-34(29)35)36-19-22-47-41-37(36)18-13-27-7-3-20-46-39(27)41/h1-25H. The third-order valence-corrected chi connectivity index (χ3v) is 10.0. The Balaban J connectivity index is 1.05. The summed E-state index contributed by atoms with van der Waals surface area (Å²) in [6.45, 7) is 0. The monoisotopic (exact) mass is 651 g/mol. The summed E-state index contributed by atoms with van der Waals surface area (Å²) in [5.41, 5.74) is 8.71. The van der Waals surface area contributed by atoms with E-state index in [2.05, 4.69) is 125 Å². The third-order valence-electron chi connectivity index (χ3n) is 10.0. The molecule has 0 spiro atoms. The van der Waals surface area contributed by atoms with Crippen molar-refractivity contribution in [2.45, 2.75) is 0 Å². The van der Waals surface area contributed by atoms with Crippen LogP contribution in [0.2, 0.25) is 0 Å². The van der Waals surface area contributed by atoms with Crippen molar-refractivity contribution in [3.63, 3.8) is 0 Å². The van der Waals surface area contributed by atoms with Crippen molar-refractivity contribution in [3.05, 3.63) is 152 Å². The fraction of sp³-hybridized carbons (Fsp3) is 0. The first-order chi connectivity index (χ1) is 25.2. The summed E-state index contributed by atoms with van der Waals surface area (Å²) in [7, 11) is 0. The van der Waals surface area contributed by atoms with Gasteiger partial charge in [-0.15, -0.1) is 0 Å². The van der Waals surface area contributed by atoms with E-state index >= 15 is 0 Å². The van der Waals surface area contributed by atoms with Gasteiger partial charge in [-0.05, 0) is 85.9 Å². The minimum atomic E-state index is 0.551. The smallest absolute Gasteiger partial charge is 0.229 e. The highest BCUT2D eigenvalue weighted by atomic mass is 16.3. The first-order valence-corrected chi connectivity index (χ1v) is 16.9. The Morgan fingerprint density at radius 2 is 1.06 bits per heavy atom. The van der Waals surface area contributed by atoms with Gasteiger partial charge in [0.2, 0.25) is 5.71 Å². The van der Waals surface area contributed by atoms with E-state index in [1.165, 1.54) is 21.5 Å². The number of rotatable bonds is 3. The zero-order valence-corrected chi connectivity index (χ0v) is 27.1. The fourth-order valence-corrected chi connectivity index (χ4v) is 7.52. The largest absolute Gasteiger partial charge is 0.434 e. The third kappa shape index (κ3) is 4.33. The number of fused-ring (bicyclic) bond motifs is 10. The maximum atomic E-state index is 6.30. The van der Waals surface area contributed by atoms with E-state index < -0.39 is 0 Å². The lowest BCUT2D eigenvalue weighted by molar-refractivity contribution is 0.652. The quantitative estimate of drug-likeness (QED) is 0.177. The summed E-state index contributed by atoms with van der Waals surface area (Å²) in [5, 5.41) is 10.0. The van der Waals surface area contributed by atoms with Crippen LogP contribution in [0.1, 0.15) is 0 Å². The van der Waals surface area contributed by atoms with Crippen LogP contribution in [-0.4, -0.2) is 24.9 Å². The number of pyridine rings is 3. The van der Waals surface area contributed by atoms with Crippen LogP contribution in [0.3, 0.4) is 0 Å².